The van der Waals surface area contributed by atoms with Crippen LogP contribution in [0.3, 0.4) is 0 Å². The number of aromatic nitrogens is 2. The van der Waals surface area contributed by atoms with Gasteiger partial charge in [-0.05, 0) is 31.5 Å². The smallest absolute Gasteiger partial charge is 0.110 e. The fourth-order valence-corrected chi connectivity index (χ4v) is 2.19. The zero-order valence-electron chi connectivity index (χ0n) is 10.5. The van der Waals surface area contributed by atoms with E-state index in [1.807, 2.05) is 25.1 Å². The van der Waals surface area contributed by atoms with Gasteiger partial charge in [0.1, 0.15) is 5.82 Å². The second-order valence-corrected chi connectivity index (χ2v) is 4.97. The highest BCUT2D eigenvalue weighted by molar-refractivity contribution is 6.31. The van der Waals surface area contributed by atoms with Crippen LogP contribution in [-0.4, -0.2) is 21.3 Å². The lowest BCUT2D eigenvalue weighted by Crippen LogP contribution is -2.05. The highest BCUT2D eigenvalue weighted by Gasteiger charge is 2.10. The molecule has 1 N–H and O–H groups in total. The zero-order chi connectivity index (χ0) is 13.1. The first-order valence-corrected chi connectivity index (χ1v) is 6.39. The summed E-state index contributed by atoms with van der Waals surface area (Å²) in [7, 11) is 0. The summed E-state index contributed by atoms with van der Waals surface area (Å²) in [5.41, 5.74) is 3.04. The van der Waals surface area contributed by atoms with Gasteiger partial charge >= 0.3 is 0 Å². The summed E-state index contributed by atoms with van der Waals surface area (Å²) >= 11 is 5.98. The van der Waals surface area contributed by atoms with Gasteiger partial charge in [0.25, 0.3) is 0 Å². The third kappa shape index (κ3) is 2.74. The molecule has 18 heavy (non-hydrogen) atoms. The van der Waals surface area contributed by atoms with Gasteiger partial charge in [-0.2, -0.15) is 0 Å². The normalized spacial score (nSPS) is 11.1. The zero-order valence-corrected chi connectivity index (χ0v) is 11.2. The van der Waals surface area contributed by atoms with Crippen molar-refractivity contribution in [3.8, 4) is 0 Å². The van der Waals surface area contributed by atoms with Gasteiger partial charge in [-0.1, -0.05) is 23.8 Å². The molecule has 2 rings (SSSR count). The van der Waals surface area contributed by atoms with Crippen LogP contribution in [0.5, 0.6) is 0 Å². The number of imidazole rings is 1. The van der Waals surface area contributed by atoms with Crippen molar-refractivity contribution >= 4 is 22.6 Å². The highest BCUT2D eigenvalue weighted by atomic mass is 35.5. The molecule has 1 aromatic heterocycles. The largest absolute Gasteiger partial charge is 0.396 e. The van der Waals surface area contributed by atoms with E-state index in [1.165, 1.54) is 0 Å². The van der Waals surface area contributed by atoms with Crippen molar-refractivity contribution in [2.45, 2.75) is 26.3 Å². The van der Waals surface area contributed by atoms with E-state index in [2.05, 4.69) is 16.1 Å². The summed E-state index contributed by atoms with van der Waals surface area (Å²) in [6, 6.07) is 5.72. The molecule has 0 atom stereocenters. The van der Waals surface area contributed by atoms with Gasteiger partial charge in [0.05, 0.1) is 11.0 Å². The molecule has 0 aliphatic heterocycles. The maximum atomic E-state index is 8.94. The van der Waals surface area contributed by atoms with Crippen molar-refractivity contribution in [1.29, 1.82) is 0 Å². The van der Waals surface area contributed by atoms with Gasteiger partial charge in [-0.25, -0.2) is 4.98 Å². The maximum Gasteiger partial charge on any atom is 0.110 e. The summed E-state index contributed by atoms with van der Waals surface area (Å²) in [5.74, 6) is 0.976. The van der Waals surface area contributed by atoms with Crippen molar-refractivity contribution < 1.29 is 5.11 Å². The minimum Gasteiger partial charge on any atom is -0.396 e. The van der Waals surface area contributed by atoms with Crippen molar-refractivity contribution in [1.82, 2.24) is 9.55 Å². The molecule has 1 heterocycles. The van der Waals surface area contributed by atoms with E-state index in [-0.39, 0.29) is 6.61 Å². The molecule has 0 aliphatic rings. The second-order valence-electron chi connectivity index (χ2n) is 4.53. The van der Waals surface area contributed by atoms with E-state index < -0.39 is 0 Å². The van der Waals surface area contributed by atoms with Crippen LogP contribution in [0.1, 0.15) is 19.2 Å². The molecule has 96 valence electrons. The quantitative estimate of drug-likeness (QED) is 0.843. The van der Waals surface area contributed by atoms with Crippen LogP contribution in [0, 0.1) is 0 Å². The first-order chi connectivity index (χ1) is 8.61. The summed E-state index contributed by atoms with van der Waals surface area (Å²) < 4.78 is 2.14. The lowest BCUT2D eigenvalue weighted by molar-refractivity contribution is 0.287. The topological polar surface area (TPSA) is 38.0 Å². The molecule has 0 saturated heterocycles. The average molecular weight is 265 g/mol. The monoisotopic (exact) mass is 264 g/mol. The Labute approximate surface area is 112 Å². The van der Waals surface area contributed by atoms with E-state index in [1.54, 1.807) is 0 Å². The Morgan fingerprint density at radius 1 is 1.50 bits per heavy atom. The molecule has 0 aliphatic carbocycles. The Morgan fingerprint density at radius 2 is 2.28 bits per heavy atom. The number of allylic oxidation sites excluding steroid dienone is 1. The van der Waals surface area contributed by atoms with E-state index in [4.69, 9.17) is 16.7 Å². The number of rotatable bonds is 5. The van der Waals surface area contributed by atoms with Gasteiger partial charge in [-0.15, -0.1) is 0 Å². The predicted octanol–water partition coefficient (Wildman–Crippen LogP) is 3.19. The van der Waals surface area contributed by atoms with Gasteiger partial charge in [0.2, 0.25) is 0 Å². The van der Waals surface area contributed by atoms with Gasteiger partial charge in [-0.3, -0.25) is 0 Å². The maximum absolute atomic E-state index is 8.94. The number of aliphatic hydroxyl groups excluding tert-OH is 1. The number of fused-ring (bicyclic) bond motifs is 1. The molecule has 2 aromatic rings. The molecule has 0 bridgehead atoms. The van der Waals surface area contributed by atoms with Crippen LogP contribution < -0.4 is 0 Å². The lowest BCUT2D eigenvalue weighted by atomic mass is 10.2. The number of halogens is 1. The van der Waals surface area contributed by atoms with E-state index >= 15 is 0 Å². The van der Waals surface area contributed by atoms with Crippen molar-refractivity contribution in [2.24, 2.45) is 0 Å². The summed E-state index contributed by atoms with van der Waals surface area (Å²) in [5, 5.41) is 9.63. The van der Waals surface area contributed by atoms with E-state index in [0.29, 0.717) is 11.4 Å². The molecule has 3 nitrogen and oxygen atoms in total. The van der Waals surface area contributed by atoms with E-state index in [0.717, 1.165) is 35.4 Å². The average Bonchev–Trinajstić information content (AvgIpc) is 2.63. The lowest BCUT2D eigenvalue weighted by Gasteiger charge is -2.08. The van der Waals surface area contributed by atoms with Crippen LogP contribution in [0.2, 0.25) is 5.02 Å². The van der Waals surface area contributed by atoms with Gasteiger partial charge in [0, 0.05) is 24.6 Å². The summed E-state index contributed by atoms with van der Waals surface area (Å²) in [4.78, 5) is 4.59. The molecule has 0 saturated carbocycles. The number of aryl methyl sites for hydroxylation is 1. The Hall–Kier alpha value is -1.32. The molecule has 0 spiro atoms. The van der Waals surface area contributed by atoms with Gasteiger partial charge in [0.15, 0.2) is 0 Å². The minimum atomic E-state index is 0.178. The molecular formula is C14H17ClN2O. The number of nitrogens with zero attached hydrogens (tertiary/aromatic N) is 2. The number of benzene rings is 1. The first-order valence-electron chi connectivity index (χ1n) is 6.01. The van der Waals surface area contributed by atoms with Crippen LogP contribution >= 0.6 is 11.6 Å². The number of hydrogen-bond acceptors (Lipinski definition) is 2. The Kier molecular flexibility index (Phi) is 4.04. The molecular weight excluding hydrogens is 248 g/mol. The molecule has 0 unspecified atom stereocenters. The SMILES string of the molecule is C=C(C)Cn1c(CCCO)nc2cc(Cl)ccc21. The van der Waals surface area contributed by atoms with Crippen LogP contribution in [0.25, 0.3) is 11.0 Å². The Morgan fingerprint density at radius 3 is 2.94 bits per heavy atom. The van der Waals surface area contributed by atoms with Crippen molar-refractivity contribution in [3.63, 3.8) is 0 Å². The van der Waals surface area contributed by atoms with Crippen molar-refractivity contribution in [3.05, 3.63) is 41.2 Å². The highest BCUT2D eigenvalue weighted by Crippen LogP contribution is 2.22. The molecule has 0 amide bonds. The Balaban J connectivity index is 2.49. The van der Waals surface area contributed by atoms with Crippen LogP contribution in [0.15, 0.2) is 30.4 Å². The standard InChI is InChI=1S/C14H17ClN2O/c1-10(2)9-17-13-6-5-11(15)8-12(13)16-14(17)4-3-7-18/h5-6,8,18H,1,3-4,7,9H2,2H3. The van der Waals surface area contributed by atoms with Crippen LogP contribution in [0.4, 0.5) is 0 Å². The number of hydrogen-bond donors (Lipinski definition) is 1. The van der Waals surface area contributed by atoms with Crippen molar-refractivity contribution in [2.75, 3.05) is 6.61 Å². The summed E-state index contributed by atoms with van der Waals surface area (Å²) in [6.45, 7) is 6.88. The molecule has 0 radical (unpaired) electrons. The Bertz CT molecular complexity index is 574. The fourth-order valence-electron chi connectivity index (χ4n) is 2.03. The third-order valence-corrected chi connectivity index (χ3v) is 3.01. The summed E-state index contributed by atoms with van der Waals surface area (Å²) in [6.07, 6.45) is 1.48. The molecule has 4 heteroatoms. The number of aliphatic hydroxyl groups is 1. The minimum absolute atomic E-state index is 0.178. The second kappa shape index (κ2) is 5.55. The fraction of sp³-hybridized carbons (Fsp3) is 0.357. The predicted molar refractivity (Wildman–Crippen MR) is 75.0 cm³/mol. The first kappa shape index (κ1) is 13.1. The molecule has 1 aromatic carbocycles. The van der Waals surface area contributed by atoms with Gasteiger partial charge < -0.3 is 9.67 Å². The van der Waals surface area contributed by atoms with E-state index in [9.17, 15) is 0 Å². The molecule has 0 fully saturated rings. The third-order valence-electron chi connectivity index (χ3n) is 2.78. The van der Waals surface area contributed by atoms with Crippen LogP contribution in [-0.2, 0) is 13.0 Å².